The molecule has 0 heterocycles. The minimum atomic E-state index is -3.01. The second-order valence-electron chi connectivity index (χ2n) is 3.16. The van der Waals surface area contributed by atoms with Crippen LogP contribution < -0.4 is 5.73 Å². The largest absolute Gasteiger partial charge is 0.327 e. The van der Waals surface area contributed by atoms with Crippen molar-refractivity contribution in [1.29, 1.82) is 0 Å². The van der Waals surface area contributed by atoms with Crippen molar-refractivity contribution in [2.75, 3.05) is 6.26 Å². The number of rotatable bonds is 4. The summed E-state index contributed by atoms with van der Waals surface area (Å²) >= 11 is 0. The Morgan fingerprint density at radius 3 is 2.38 bits per heavy atom. The Kier molecular flexibility index (Phi) is 5.04. The molecule has 13 heavy (non-hydrogen) atoms. The van der Waals surface area contributed by atoms with Crippen molar-refractivity contribution in [3.63, 3.8) is 0 Å². The quantitative estimate of drug-likeness (QED) is 0.679. The molecule has 0 saturated carbocycles. The Morgan fingerprint density at radius 2 is 2.00 bits per heavy atom. The first-order valence-electron chi connectivity index (χ1n) is 4.23. The predicted molar refractivity (Wildman–Crippen MR) is 55.0 cm³/mol. The zero-order valence-electron chi connectivity index (χ0n) is 8.37. The molecule has 2 N–H and O–H groups in total. The van der Waals surface area contributed by atoms with Crippen molar-refractivity contribution >= 4 is 9.84 Å². The van der Waals surface area contributed by atoms with Gasteiger partial charge >= 0.3 is 0 Å². The van der Waals surface area contributed by atoms with Gasteiger partial charge in [-0.15, -0.1) is 11.8 Å². The molecule has 0 aromatic heterocycles. The van der Waals surface area contributed by atoms with E-state index in [1.165, 1.54) is 6.26 Å². The average molecular weight is 203 g/mol. The monoisotopic (exact) mass is 203 g/mol. The van der Waals surface area contributed by atoms with E-state index in [-0.39, 0.29) is 6.04 Å². The van der Waals surface area contributed by atoms with Gasteiger partial charge in [0.05, 0.1) is 5.25 Å². The first-order valence-corrected chi connectivity index (χ1v) is 6.19. The Hall–Kier alpha value is -0.530. The molecule has 0 rings (SSSR count). The van der Waals surface area contributed by atoms with Crippen LogP contribution >= 0.6 is 0 Å². The lowest BCUT2D eigenvalue weighted by Crippen LogP contribution is -2.37. The van der Waals surface area contributed by atoms with Crippen LogP contribution in [0.4, 0.5) is 0 Å². The summed E-state index contributed by atoms with van der Waals surface area (Å²) in [5.74, 6) is 5.61. The minimum absolute atomic E-state index is 0.309. The Morgan fingerprint density at radius 1 is 1.46 bits per heavy atom. The molecular formula is C9H17NO2S. The highest BCUT2D eigenvalue weighted by atomic mass is 32.2. The van der Waals surface area contributed by atoms with Crippen LogP contribution in [0.1, 0.15) is 26.7 Å². The van der Waals surface area contributed by atoms with E-state index in [2.05, 4.69) is 11.8 Å². The van der Waals surface area contributed by atoms with E-state index in [0.29, 0.717) is 12.8 Å². The van der Waals surface area contributed by atoms with Gasteiger partial charge in [0, 0.05) is 18.7 Å². The molecule has 4 heteroatoms. The summed E-state index contributed by atoms with van der Waals surface area (Å²) < 4.78 is 22.2. The van der Waals surface area contributed by atoms with Gasteiger partial charge in [0.25, 0.3) is 0 Å². The molecule has 2 atom stereocenters. The van der Waals surface area contributed by atoms with Crippen molar-refractivity contribution in [3.05, 3.63) is 0 Å². The van der Waals surface area contributed by atoms with Gasteiger partial charge in [-0.2, -0.15) is 0 Å². The van der Waals surface area contributed by atoms with Crippen molar-refractivity contribution in [1.82, 2.24) is 0 Å². The molecule has 0 radical (unpaired) electrons. The molecule has 0 aliphatic carbocycles. The number of hydrogen-bond acceptors (Lipinski definition) is 3. The van der Waals surface area contributed by atoms with Gasteiger partial charge in [-0.25, -0.2) is 8.42 Å². The number of hydrogen-bond donors (Lipinski definition) is 1. The fraction of sp³-hybridized carbons (Fsp3) is 0.778. The van der Waals surface area contributed by atoms with Crippen molar-refractivity contribution in [3.8, 4) is 11.8 Å². The van der Waals surface area contributed by atoms with Gasteiger partial charge in [0.2, 0.25) is 0 Å². The molecule has 76 valence electrons. The van der Waals surface area contributed by atoms with E-state index >= 15 is 0 Å². The van der Waals surface area contributed by atoms with E-state index in [1.54, 1.807) is 13.8 Å². The average Bonchev–Trinajstić information content (AvgIpc) is 2.01. The summed E-state index contributed by atoms with van der Waals surface area (Å²) in [6.07, 6.45) is 2.51. The van der Waals surface area contributed by atoms with Gasteiger partial charge in [0.1, 0.15) is 0 Å². The lowest BCUT2D eigenvalue weighted by molar-refractivity contribution is 0.550. The molecule has 0 saturated heterocycles. The molecule has 0 amide bonds. The van der Waals surface area contributed by atoms with E-state index in [4.69, 9.17) is 5.73 Å². The molecule has 0 fully saturated rings. The molecule has 0 aliphatic rings. The standard InChI is InChI=1S/C9H17NO2S/c1-4-5-6-7-9(10)8(2)13(3,11)12/h8-9H,6-7,10H2,1-3H3. The minimum Gasteiger partial charge on any atom is -0.327 e. The maximum atomic E-state index is 11.1. The molecule has 2 unspecified atom stereocenters. The van der Waals surface area contributed by atoms with Gasteiger partial charge in [-0.05, 0) is 20.3 Å². The molecule has 0 bridgehead atoms. The lowest BCUT2D eigenvalue weighted by Gasteiger charge is -2.16. The Labute approximate surface area is 80.6 Å². The third-order valence-corrected chi connectivity index (χ3v) is 3.76. The summed E-state index contributed by atoms with van der Waals surface area (Å²) in [6, 6.07) is -0.309. The summed E-state index contributed by atoms with van der Waals surface area (Å²) in [4.78, 5) is 0. The van der Waals surface area contributed by atoms with Crippen LogP contribution in [0.25, 0.3) is 0 Å². The molecule has 0 spiro atoms. The highest BCUT2D eigenvalue weighted by molar-refractivity contribution is 7.91. The lowest BCUT2D eigenvalue weighted by atomic mass is 10.1. The molecule has 0 aromatic carbocycles. The fourth-order valence-electron chi connectivity index (χ4n) is 0.916. The van der Waals surface area contributed by atoms with Gasteiger partial charge in [-0.1, -0.05) is 0 Å². The van der Waals surface area contributed by atoms with Crippen LogP contribution in [-0.4, -0.2) is 26.0 Å². The number of nitrogens with two attached hydrogens (primary N) is 1. The smallest absolute Gasteiger partial charge is 0.151 e. The topological polar surface area (TPSA) is 60.2 Å². The van der Waals surface area contributed by atoms with Gasteiger partial charge in [-0.3, -0.25) is 0 Å². The first kappa shape index (κ1) is 12.5. The van der Waals surface area contributed by atoms with Gasteiger partial charge < -0.3 is 5.73 Å². The molecular weight excluding hydrogens is 186 g/mol. The SMILES string of the molecule is CC#CCCC(N)C(C)S(C)(=O)=O. The maximum Gasteiger partial charge on any atom is 0.151 e. The molecule has 3 nitrogen and oxygen atoms in total. The van der Waals surface area contributed by atoms with Crippen LogP contribution in [0.3, 0.4) is 0 Å². The third kappa shape index (κ3) is 4.91. The van der Waals surface area contributed by atoms with Crippen molar-refractivity contribution < 1.29 is 8.42 Å². The Bertz CT molecular complexity index is 297. The molecule has 0 aromatic rings. The summed E-state index contributed by atoms with van der Waals surface area (Å²) in [6.45, 7) is 3.39. The number of sulfone groups is 1. The first-order chi connectivity index (χ1) is 5.89. The summed E-state index contributed by atoms with van der Waals surface area (Å²) in [7, 11) is -3.01. The Balaban J connectivity index is 4.10. The van der Waals surface area contributed by atoms with Crippen LogP contribution in [0.5, 0.6) is 0 Å². The van der Waals surface area contributed by atoms with Gasteiger partial charge in [0.15, 0.2) is 9.84 Å². The van der Waals surface area contributed by atoms with Crippen molar-refractivity contribution in [2.24, 2.45) is 5.73 Å². The van der Waals surface area contributed by atoms with Crippen LogP contribution in [0.15, 0.2) is 0 Å². The van der Waals surface area contributed by atoms with E-state index < -0.39 is 15.1 Å². The second kappa shape index (κ2) is 5.25. The van der Waals surface area contributed by atoms with Crippen LogP contribution in [0, 0.1) is 11.8 Å². The molecule has 0 aliphatic heterocycles. The third-order valence-electron chi connectivity index (χ3n) is 2.06. The summed E-state index contributed by atoms with van der Waals surface area (Å²) in [5.41, 5.74) is 5.70. The normalized spacial score (nSPS) is 15.7. The zero-order chi connectivity index (χ0) is 10.5. The van der Waals surface area contributed by atoms with E-state index in [0.717, 1.165) is 0 Å². The van der Waals surface area contributed by atoms with E-state index in [1.807, 2.05) is 0 Å². The predicted octanol–water partition coefficient (Wildman–Crippen LogP) is 0.550. The summed E-state index contributed by atoms with van der Waals surface area (Å²) in [5, 5.41) is -0.480. The second-order valence-corrected chi connectivity index (χ2v) is 5.57. The van der Waals surface area contributed by atoms with Crippen LogP contribution in [0.2, 0.25) is 0 Å². The highest BCUT2D eigenvalue weighted by Crippen LogP contribution is 2.07. The van der Waals surface area contributed by atoms with E-state index in [9.17, 15) is 8.42 Å². The van der Waals surface area contributed by atoms with Crippen molar-refractivity contribution in [2.45, 2.75) is 38.0 Å². The maximum absolute atomic E-state index is 11.1. The van der Waals surface area contributed by atoms with Crippen LogP contribution in [-0.2, 0) is 9.84 Å². The highest BCUT2D eigenvalue weighted by Gasteiger charge is 2.21. The zero-order valence-corrected chi connectivity index (χ0v) is 9.19. The fourth-order valence-corrected chi connectivity index (χ4v) is 1.69.